The highest BCUT2D eigenvalue weighted by Gasteiger charge is 2.20. The molecule has 0 fully saturated rings. The topological polar surface area (TPSA) is 57.8 Å². The lowest BCUT2D eigenvalue weighted by Gasteiger charge is -2.14. The maximum Gasteiger partial charge on any atom is 0.237 e. The van der Waals surface area contributed by atoms with Crippen LogP contribution in [0.1, 0.15) is 38.7 Å². The van der Waals surface area contributed by atoms with Crippen LogP contribution in [-0.4, -0.2) is 21.1 Å². The highest BCUT2D eigenvalue weighted by Crippen LogP contribution is 2.26. The largest absolute Gasteiger partial charge is 0.333 e. The standard InChI is InChI=1S/C20H23N3OS/c1-4-18(25-20-22-16-7-5-6-8-17(16)23-20)19(24)21-15-11-9-14(10-12-15)13(2)3/h5-13,18H,4H2,1-3H3,(H,21,24)(H,22,23). The summed E-state index contributed by atoms with van der Waals surface area (Å²) in [5.41, 5.74) is 4.01. The first kappa shape index (κ1) is 17.5. The van der Waals surface area contributed by atoms with Gasteiger partial charge in [-0.05, 0) is 42.2 Å². The molecule has 2 N–H and O–H groups in total. The Labute approximate surface area is 152 Å². The molecule has 130 valence electrons. The highest BCUT2D eigenvalue weighted by molar-refractivity contribution is 8.00. The van der Waals surface area contributed by atoms with Gasteiger partial charge >= 0.3 is 0 Å². The molecule has 1 unspecified atom stereocenters. The summed E-state index contributed by atoms with van der Waals surface area (Å²) < 4.78 is 0. The Balaban J connectivity index is 1.68. The van der Waals surface area contributed by atoms with Gasteiger partial charge in [0.25, 0.3) is 0 Å². The first-order valence-corrected chi connectivity index (χ1v) is 9.47. The van der Waals surface area contributed by atoms with Gasteiger partial charge in [-0.15, -0.1) is 0 Å². The fourth-order valence-corrected chi connectivity index (χ4v) is 3.54. The Morgan fingerprint density at radius 2 is 1.88 bits per heavy atom. The molecule has 0 aliphatic rings. The van der Waals surface area contributed by atoms with Gasteiger partial charge in [-0.3, -0.25) is 4.79 Å². The molecule has 1 heterocycles. The lowest BCUT2D eigenvalue weighted by molar-refractivity contribution is -0.115. The average molecular weight is 353 g/mol. The van der Waals surface area contributed by atoms with Crippen LogP contribution < -0.4 is 5.32 Å². The Morgan fingerprint density at radius 3 is 2.52 bits per heavy atom. The van der Waals surface area contributed by atoms with Crippen molar-refractivity contribution in [3.8, 4) is 0 Å². The lowest BCUT2D eigenvalue weighted by atomic mass is 10.0. The number of aromatic amines is 1. The molecule has 5 heteroatoms. The molecule has 1 amide bonds. The Bertz CT molecular complexity index is 822. The van der Waals surface area contributed by atoms with E-state index in [-0.39, 0.29) is 11.2 Å². The molecule has 25 heavy (non-hydrogen) atoms. The zero-order valence-corrected chi connectivity index (χ0v) is 15.6. The summed E-state index contributed by atoms with van der Waals surface area (Å²) in [6.45, 7) is 6.33. The Hall–Kier alpha value is -2.27. The second-order valence-corrected chi connectivity index (χ2v) is 7.53. The van der Waals surface area contributed by atoms with Crippen molar-refractivity contribution in [2.45, 2.75) is 43.5 Å². The first-order chi connectivity index (χ1) is 12.1. The van der Waals surface area contributed by atoms with Gasteiger partial charge < -0.3 is 10.3 Å². The molecule has 1 atom stereocenters. The normalized spacial score (nSPS) is 12.5. The number of imidazole rings is 1. The number of amides is 1. The number of hydrogen-bond acceptors (Lipinski definition) is 3. The number of H-pyrrole nitrogens is 1. The summed E-state index contributed by atoms with van der Waals surface area (Å²) in [6, 6.07) is 15.9. The molecule has 0 saturated heterocycles. The number of nitrogens with zero attached hydrogens (tertiary/aromatic N) is 1. The number of fused-ring (bicyclic) bond motifs is 1. The monoisotopic (exact) mass is 353 g/mol. The fourth-order valence-electron chi connectivity index (χ4n) is 2.62. The number of benzene rings is 2. The summed E-state index contributed by atoms with van der Waals surface area (Å²) in [5, 5.41) is 3.60. The van der Waals surface area contributed by atoms with Crippen molar-refractivity contribution in [1.82, 2.24) is 9.97 Å². The lowest BCUT2D eigenvalue weighted by Crippen LogP contribution is -2.24. The minimum Gasteiger partial charge on any atom is -0.333 e. The van der Waals surface area contributed by atoms with E-state index in [9.17, 15) is 4.79 Å². The smallest absolute Gasteiger partial charge is 0.237 e. The highest BCUT2D eigenvalue weighted by atomic mass is 32.2. The van der Waals surface area contributed by atoms with Crippen molar-refractivity contribution in [1.29, 1.82) is 0 Å². The molecule has 2 aromatic carbocycles. The van der Waals surface area contributed by atoms with Crippen molar-refractivity contribution in [2.75, 3.05) is 5.32 Å². The maximum atomic E-state index is 12.6. The second kappa shape index (κ2) is 7.74. The van der Waals surface area contributed by atoms with Gasteiger partial charge in [-0.1, -0.05) is 56.8 Å². The Kier molecular flexibility index (Phi) is 5.43. The summed E-state index contributed by atoms with van der Waals surface area (Å²) in [5.74, 6) is 0.488. The Morgan fingerprint density at radius 1 is 1.16 bits per heavy atom. The maximum absolute atomic E-state index is 12.6. The zero-order chi connectivity index (χ0) is 17.8. The molecule has 4 nitrogen and oxygen atoms in total. The zero-order valence-electron chi connectivity index (χ0n) is 14.7. The van der Waals surface area contributed by atoms with E-state index in [0.29, 0.717) is 5.92 Å². The number of anilines is 1. The van der Waals surface area contributed by atoms with E-state index in [2.05, 4.69) is 41.3 Å². The van der Waals surface area contributed by atoms with E-state index in [4.69, 9.17) is 0 Å². The molecule has 3 aromatic rings. The molecule has 0 radical (unpaired) electrons. The van der Waals surface area contributed by atoms with E-state index >= 15 is 0 Å². The van der Waals surface area contributed by atoms with E-state index in [1.54, 1.807) is 0 Å². The molecule has 0 saturated carbocycles. The van der Waals surface area contributed by atoms with E-state index < -0.39 is 0 Å². The van der Waals surface area contributed by atoms with Gasteiger partial charge in [0, 0.05) is 5.69 Å². The average Bonchev–Trinajstić information content (AvgIpc) is 3.02. The number of nitrogens with one attached hydrogen (secondary N) is 2. The summed E-state index contributed by atoms with van der Waals surface area (Å²) in [4.78, 5) is 20.4. The van der Waals surface area contributed by atoms with Crippen LogP contribution in [0.4, 0.5) is 5.69 Å². The third-order valence-corrected chi connectivity index (χ3v) is 5.38. The number of thioether (sulfide) groups is 1. The van der Waals surface area contributed by atoms with Gasteiger partial charge in [0.15, 0.2) is 5.16 Å². The number of carbonyl (C=O) groups is 1. The predicted molar refractivity (Wildman–Crippen MR) is 105 cm³/mol. The molecule has 1 aromatic heterocycles. The number of para-hydroxylation sites is 2. The number of aromatic nitrogens is 2. The van der Waals surface area contributed by atoms with Crippen molar-refractivity contribution in [2.24, 2.45) is 0 Å². The van der Waals surface area contributed by atoms with Crippen LogP contribution in [0.15, 0.2) is 53.7 Å². The van der Waals surface area contributed by atoms with Crippen LogP contribution in [0.3, 0.4) is 0 Å². The van der Waals surface area contributed by atoms with Gasteiger partial charge in [-0.25, -0.2) is 4.98 Å². The summed E-state index contributed by atoms with van der Waals surface area (Å²) in [6.07, 6.45) is 0.734. The third kappa shape index (κ3) is 4.23. The molecule has 3 rings (SSSR count). The molecular formula is C20H23N3OS. The predicted octanol–water partition coefficient (Wildman–Crippen LogP) is 5.20. The third-order valence-electron chi connectivity index (χ3n) is 4.13. The number of carbonyl (C=O) groups excluding carboxylic acids is 1. The quantitative estimate of drug-likeness (QED) is 0.599. The first-order valence-electron chi connectivity index (χ1n) is 8.59. The minimum absolute atomic E-state index is 0.00486. The van der Waals surface area contributed by atoms with Crippen LogP contribution in [0.5, 0.6) is 0 Å². The van der Waals surface area contributed by atoms with Gasteiger partial charge in [0.2, 0.25) is 5.91 Å². The fraction of sp³-hybridized carbons (Fsp3) is 0.300. The van der Waals surface area contributed by atoms with E-state index in [1.165, 1.54) is 17.3 Å². The van der Waals surface area contributed by atoms with Crippen LogP contribution in [0.2, 0.25) is 0 Å². The van der Waals surface area contributed by atoms with Gasteiger partial charge in [0.1, 0.15) is 0 Å². The van der Waals surface area contributed by atoms with Crippen LogP contribution in [0.25, 0.3) is 11.0 Å². The SMILES string of the molecule is CCC(Sc1nc2ccccc2[nH]1)C(=O)Nc1ccc(C(C)C)cc1. The van der Waals surface area contributed by atoms with Gasteiger partial charge in [-0.2, -0.15) is 0 Å². The number of rotatable bonds is 6. The molecule has 0 spiro atoms. The second-order valence-electron chi connectivity index (χ2n) is 6.34. The van der Waals surface area contributed by atoms with Crippen molar-refractivity contribution in [3.63, 3.8) is 0 Å². The minimum atomic E-state index is -0.190. The van der Waals surface area contributed by atoms with Crippen molar-refractivity contribution < 1.29 is 4.79 Å². The van der Waals surface area contributed by atoms with Crippen molar-refractivity contribution in [3.05, 3.63) is 54.1 Å². The van der Waals surface area contributed by atoms with Crippen molar-refractivity contribution >= 4 is 34.4 Å². The van der Waals surface area contributed by atoms with E-state index in [1.807, 2.05) is 43.3 Å². The summed E-state index contributed by atoms with van der Waals surface area (Å²) >= 11 is 1.47. The molecule has 0 aliphatic heterocycles. The van der Waals surface area contributed by atoms with Crippen LogP contribution >= 0.6 is 11.8 Å². The van der Waals surface area contributed by atoms with E-state index in [0.717, 1.165) is 28.3 Å². The summed E-state index contributed by atoms with van der Waals surface area (Å²) in [7, 11) is 0. The molecule has 0 aliphatic carbocycles. The number of hydrogen-bond donors (Lipinski definition) is 2. The molecular weight excluding hydrogens is 330 g/mol. The molecule has 0 bridgehead atoms. The van der Waals surface area contributed by atoms with Crippen LogP contribution in [-0.2, 0) is 4.79 Å². The van der Waals surface area contributed by atoms with Crippen LogP contribution in [0, 0.1) is 0 Å². The van der Waals surface area contributed by atoms with Gasteiger partial charge in [0.05, 0.1) is 16.3 Å².